The third-order valence-electron chi connectivity index (χ3n) is 1.86. The highest BCUT2D eigenvalue weighted by molar-refractivity contribution is 5.12. The highest BCUT2D eigenvalue weighted by atomic mass is 16.1. The van der Waals surface area contributed by atoms with Crippen LogP contribution in [0.3, 0.4) is 0 Å². The molecule has 0 fully saturated rings. The second-order valence-corrected chi connectivity index (χ2v) is 2.55. The molecule has 1 heterocycles. The normalized spacial score (nSPS) is 10.1. The Morgan fingerprint density at radius 2 is 2.18 bits per heavy atom. The van der Waals surface area contributed by atoms with Crippen molar-refractivity contribution in [3.63, 3.8) is 0 Å². The van der Waals surface area contributed by atoms with Gasteiger partial charge in [-0.05, 0) is 20.8 Å². The molecule has 0 aliphatic rings. The largest absolute Gasteiger partial charge is 0.299 e. The molecule has 0 saturated carbocycles. The van der Waals surface area contributed by atoms with Crippen LogP contribution in [0.1, 0.15) is 18.2 Å². The predicted octanol–water partition coefficient (Wildman–Crippen LogP) is 0.880. The average molecular weight is 152 g/mol. The van der Waals surface area contributed by atoms with Crippen molar-refractivity contribution in [3.8, 4) is 0 Å². The standard InChI is InChI=1S/C8H12N2O/c1-4-10-5-9-7(3)6(2)8(10)11/h5H,4H2,1-3H3. The van der Waals surface area contributed by atoms with Crippen molar-refractivity contribution in [2.24, 2.45) is 0 Å². The molecule has 0 bridgehead atoms. The minimum atomic E-state index is 0.0694. The highest BCUT2D eigenvalue weighted by Gasteiger charge is 2.00. The maximum absolute atomic E-state index is 11.3. The lowest BCUT2D eigenvalue weighted by Gasteiger charge is -2.02. The number of nitrogens with zero attached hydrogens (tertiary/aromatic N) is 2. The van der Waals surface area contributed by atoms with Gasteiger partial charge in [0.15, 0.2) is 0 Å². The number of aryl methyl sites for hydroxylation is 2. The van der Waals surface area contributed by atoms with Crippen molar-refractivity contribution in [1.82, 2.24) is 9.55 Å². The average Bonchev–Trinajstić information content (AvgIpc) is 2.01. The Morgan fingerprint density at radius 1 is 1.55 bits per heavy atom. The van der Waals surface area contributed by atoms with E-state index in [-0.39, 0.29) is 5.56 Å². The van der Waals surface area contributed by atoms with E-state index in [0.717, 1.165) is 11.3 Å². The molecule has 0 saturated heterocycles. The van der Waals surface area contributed by atoms with Gasteiger partial charge in [-0.2, -0.15) is 0 Å². The Hall–Kier alpha value is -1.12. The lowest BCUT2D eigenvalue weighted by atomic mass is 10.3. The van der Waals surface area contributed by atoms with Crippen LogP contribution in [0, 0.1) is 13.8 Å². The summed E-state index contributed by atoms with van der Waals surface area (Å²) in [6.07, 6.45) is 1.59. The fourth-order valence-corrected chi connectivity index (χ4v) is 0.901. The van der Waals surface area contributed by atoms with Crippen LogP contribution in [0.5, 0.6) is 0 Å². The van der Waals surface area contributed by atoms with Crippen LogP contribution in [0.25, 0.3) is 0 Å². The first-order valence-corrected chi connectivity index (χ1v) is 3.69. The summed E-state index contributed by atoms with van der Waals surface area (Å²) in [6.45, 7) is 6.26. The van der Waals surface area contributed by atoms with Crippen molar-refractivity contribution in [2.75, 3.05) is 0 Å². The minimum Gasteiger partial charge on any atom is -0.299 e. The molecule has 1 rings (SSSR count). The third-order valence-corrected chi connectivity index (χ3v) is 1.86. The van der Waals surface area contributed by atoms with Crippen molar-refractivity contribution < 1.29 is 0 Å². The zero-order valence-electron chi connectivity index (χ0n) is 7.09. The molecule has 0 aliphatic heterocycles. The fraction of sp³-hybridized carbons (Fsp3) is 0.500. The van der Waals surface area contributed by atoms with Crippen LogP contribution >= 0.6 is 0 Å². The van der Waals surface area contributed by atoms with Crippen molar-refractivity contribution >= 4 is 0 Å². The summed E-state index contributed by atoms with van der Waals surface area (Å²) in [7, 11) is 0. The molecular formula is C8H12N2O. The zero-order chi connectivity index (χ0) is 8.43. The van der Waals surface area contributed by atoms with E-state index in [9.17, 15) is 4.79 Å². The molecule has 0 N–H and O–H groups in total. The molecule has 1 aromatic heterocycles. The van der Waals surface area contributed by atoms with E-state index in [1.165, 1.54) is 0 Å². The summed E-state index contributed by atoms with van der Waals surface area (Å²) < 4.78 is 1.60. The summed E-state index contributed by atoms with van der Waals surface area (Å²) in [5.74, 6) is 0. The molecule has 0 aliphatic carbocycles. The van der Waals surface area contributed by atoms with Gasteiger partial charge in [0.05, 0.1) is 6.33 Å². The first kappa shape index (κ1) is 7.98. The van der Waals surface area contributed by atoms with E-state index in [1.54, 1.807) is 17.8 Å². The summed E-state index contributed by atoms with van der Waals surface area (Å²) in [6, 6.07) is 0. The Kier molecular flexibility index (Phi) is 2.08. The first-order chi connectivity index (χ1) is 5.16. The molecule has 11 heavy (non-hydrogen) atoms. The summed E-state index contributed by atoms with van der Waals surface area (Å²) in [5, 5.41) is 0. The minimum absolute atomic E-state index is 0.0694. The third kappa shape index (κ3) is 1.31. The van der Waals surface area contributed by atoms with Crippen molar-refractivity contribution in [2.45, 2.75) is 27.3 Å². The van der Waals surface area contributed by atoms with Gasteiger partial charge in [-0.3, -0.25) is 9.36 Å². The van der Waals surface area contributed by atoms with E-state index in [4.69, 9.17) is 0 Å². The molecule has 0 unspecified atom stereocenters. The molecule has 3 heteroatoms. The quantitative estimate of drug-likeness (QED) is 0.598. The van der Waals surface area contributed by atoms with Gasteiger partial charge in [0.25, 0.3) is 5.56 Å². The van der Waals surface area contributed by atoms with E-state index >= 15 is 0 Å². The molecule has 1 aromatic rings. The topological polar surface area (TPSA) is 34.9 Å². The van der Waals surface area contributed by atoms with Crippen molar-refractivity contribution in [3.05, 3.63) is 27.9 Å². The van der Waals surface area contributed by atoms with Crippen LogP contribution in [0.4, 0.5) is 0 Å². The zero-order valence-corrected chi connectivity index (χ0v) is 7.09. The number of rotatable bonds is 1. The Labute approximate surface area is 65.7 Å². The Balaban J connectivity index is 3.37. The molecule has 60 valence electrons. The Morgan fingerprint density at radius 3 is 2.73 bits per heavy atom. The molecule has 0 spiro atoms. The molecule has 0 atom stereocenters. The van der Waals surface area contributed by atoms with E-state index in [0.29, 0.717) is 6.54 Å². The van der Waals surface area contributed by atoms with Gasteiger partial charge in [-0.1, -0.05) is 0 Å². The van der Waals surface area contributed by atoms with E-state index in [1.807, 2.05) is 13.8 Å². The molecule has 0 radical (unpaired) electrons. The highest BCUT2D eigenvalue weighted by Crippen LogP contribution is 1.93. The van der Waals surface area contributed by atoms with Crippen LogP contribution in [0.2, 0.25) is 0 Å². The fourth-order valence-electron chi connectivity index (χ4n) is 0.901. The smallest absolute Gasteiger partial charge is 0.256 e. The molecule has 0 aromatic carbocycles. The number of aromatic nitrogens is 2. The second-order valence-electron chi connectivity index (χ2n) is 2.55. The SMILES string of the molecule is CCn1cnc(C)c(C)c1=O. The maximum atomic E-state index is 11.3. The van der Waals surface area contributed by atoms with Gasteiger partial charge in [-0.25, -0.2) is 4.98 Å². The van der Waals surface area contributed by atoms with Gasteiger partial charge in [0, 0.05) is 17.8 Å². The molecule has 0 amide bonds. The van der Waals surface area contributed by atoms with Gasteiger partial charge >= 0.3 is 0 Å². The maximum Gasteiger partial charge on any atom is 0.256 e. The lowest BCUT2D eigenvalue weighted by Crippen LogP contribution is -2.22. The van der Waals surface area contributed by atoms with Gasteiger partial charge < -0.3 is 0 Å². The number of hydrogen-bond donors (Lipinski definition) is 0. The number of hydrogen-bond acceptors (Lipinski definition) is 2. The van der Waals surface area contributed by atoms with Crippen LogP contribution in [-0.2, 0) is 6.54 Å². The van der Waals surface area contributed by atoms with Crippen LogP contribution in [0.15, 0.2) is 11.1 Å². The monoisotopic (exact) mass is 152 g/mol. The van der Waals surface area contributed by atoms with Gasteiger partial charge in [0.1, 0.15) is 0 Å². The predicted molar refractivity (Wildman–Crippen MR) is 43.6 cm³/mol. The van der Waals surface area contributed by atoms with E-state index < -0.39 is 0 Å². The lowest BCUT2D eigenvalue weighted by molar-refractivity contribution is 0.694. The summed E-state index contributed by atoms with van der Waals surface area (Å²) >= 11 is 0. The van der Waals surface area contributed by atoms with Crippen LogP contribution in [-0.4, -0.2) is 9.55 Å². The van der Waals surface area contributed by atoms with Gasteiger partial charge in [0.2, 0.25) is 0 Å². The summed E-state index contributed by atoms with van der Waals surface area (Å²) in [5.41, 5.74) is 1.63. The Bertz CT molecular complexity index is 314. The first-order valence-electron chi connectivity index (χ1n) is 3.69. The van der Waals surface area contributed by atoms with Crippen molar-refractivity contribution in [1.29, 1.82) is 0 Å². The van der Waals surface area contributed by atoms with Gasteiger partial charge in [-0.15, -0.1) is 0 Å². The van der Waals surface area contributed by atoms with Crippen LogP contribution < -0.4 is 5.56 Å². The molecule has 3 nitrogen and oxygen atoms in total. The summed E-state index contributed by atoms with van der Waals surface area (Å²) in [4.78, 5) is 15.4. The second kappa shape index (κ2) is 2.86. The molecular weight excluding hydrogens is 140 g/mol. The van der Waals surface area contributed by atoms with E-state index in [2.05, 4.69) is 4.98 Å².